The number of hydrogen-bond acceptors (Lipinski definition) is 9. The van der Waals surface area contributed by atoms with Gasteiger partial charge in [-0.3, -0.25) is 9.48 Å². The molecule has 1 atom stereocenters. The van der Waals surface area contributed by atoms with Gasteiger partial charge in [-0.2, -0.15) is 5.10 Å². The number of carbonyl (C=O) groups is 1. The summed E-state index contributed by atoms with van der Waals surface area (Å²) in [6.45, 7) is 2.42. The Balaban J connectivity index is 1.42. The summed E-state index contributed by atoms with van der Waals surface area (Å²) in [5.41, 5.74) is 5.31. The molecule has 2 aromatic carbocycles. The number of thiazole rings is 1. The van der Waals surface area contributed by atoms with Crippen molar-refractivity contribution in [1.82, 2.24) is 29.6 Å². The van der Waals surface area contributed by atoms with Crippen LogP contribution in [-0.4, -0.2) is 66.9 Å². The monoisotopic (exact) mass is 503 g/mol. The van der Waals surface area contributed by atoms with E-state index in [-0.39, 0.29) is 19.1 Å². The first-order chi connectivity index (χ1) is 17.5. The zero-order valence-corrected chi connectivity index (χ0v) is 20.6. The SMILES string of the molecule is C[C@@H](Oc1cccc2ncnc(Nc3ccc4c(cnn4Cc4cscn4)c3)c12)C(=O)N(C)CCO. The summed E-state index contributed by atoms with van der Waals surface area (Å²) in [6, 6.07) is 11.5. The zero-order chi connectivity index (χ0) is 25.1. The molecule has 0 bridgehead atoms. The molecule has 0 radical (unpaired) electrons. The second-order valence-corrected chi connectivity index (χ2v) is 9.02. The molecule has 0 spiro atoms. The third-order valence-corrected chi connectivity index (χ3v) is 6.42. The Bertz CT molecular complexity index is 1500. The number of ether oxygens (including phenoxy) is 1. The highest BCUT2D eigenvalue weighted by Gasteiger charge is 2.21. The molecular formula is C25H25N7O3S. The zero-order valence-electron chi connectivity index (χ0n) is 19.8. The Labute approximate surface area is 211 Å². The number of aliphatic hydroxyl groups is 1. The van der Waals surface area contributed by atoms with Crippen molar-refractivity contribution >= 4 is 50.6 Å². The van der Waals surface area contributed by atoms with Gasteiger partial charge in [0, 0.05) is 30.0 Å². The maximum Gasteiger partial charge on any atom is 0.263 e. The molecule has 36 heavy (non-hydrogen) atoms. The van der Waals surface area contributed by atoms with Gasteiger partial charge < -0.3 is 20.1 Å². The lowest BCUT2D eigenvalue weighted by Gasteiger charge is -2.22. The Kier molecular flexibility index (Phi) is 6.74. The van der Waals surface area contributed by atoms with Crippen LogP contribution < -0.4 is 10.1 Å². The highest BCUT2D eigenvalue weighted by molar-refractivity contribution is 7.07. The summed E-state index contributed by atoms with van der Waals surface area (Å²) in [4.78, 5) is 27.2. The molecule has 11 heteroatoms. The molecule has 0 unspecified atom stereocenters. The van der Waals surface area contributed by atoms with E-state index in [9.17, 15) is 4.79 Å². The van der Waals surface area contributed by atoms with Gasteiger partial charge in [0.1, 0.15) is 17.9 Å². The van der Waals surface area contributed by atoms with Crippen LogP contribution in [0.2, 0.25) is 0 Å². The fraction of sp³-hybridized carbons (Fsp3) is 0.240. The second kappa shape index (κ2) is 10.3. The van der Waals surface area contributed by atoms with Crippen LogP contribution >= 0.6 is 11.3 Å². The van der Waals surface area contributed by atoms with E-state index >= 15 is 0 Å². The van der Waals surface area contributed by atoms with Gasteiger partial charge >= 0.3 is 0 Å². The van der Waals surface area contributed by atoms with Crippen LogP contribution in [0.5, 0.6) is 5.75 Å². The number of rotatable bonds is 9. The van der Waals surface area contributed by atoms with Crippen LogP contribution in [0, 0.1) is 0 Å². The van der Waals surface area contributed by atoms with Gasteiger partial charge in [0.05, 0.1) is 47.0 Å². The lowest BCUT2D eigenvalue weighted by Crippen LogP contribution is -2.39. The summed E-state index contributed by atoms with van der Waals surface area (Å²) < 4.78 is 7.97. The molecule has 184 valence electrons. The molecule has 0 fully saturated rings. The summed E-state index contributed by atoms with van der Waals surface area (Å²) in [5.74, 6) is 0.826. The maximum atomic E-state index is 12.6. The van der Waals surface area contributed by atoms with Crippen LogP contribution in [0.25, 0.3) is 21.8 Å². The van der Waals surface area contributed by atoms with Crippen molar-refractivity contribution in [2.24, 2.45) is 0 Å². The van der Waals surface area contributed by atoms with Crippen LogP contribution in [0.4, 0.5) is 11.5 Å². The molecule has 0 aliphatic rings. The Morgan fingerprint density at radius 3 is 2.94 bits per heavy atom. The standard InChI is InChI=1S/C25H25N7O3S/c1-16(25(34)31(2)8-9-33)35-22-5-3-4-20-23(22)24(27-14-26-20)30-18-6-7-21-17(10-18)11-29-32(21)12-19-13-36-15-28-19/h3-7,10-11,13-16,33H,8-9,12H2,1-2H3,(H,26,27,30)/t16-/m1/s1. The third-order valence-electron chi connectivity index (χ3n) is 5.79. The number of hydrogen-bond donors (Lipinski definition) is 2. The number of amides is 1. The molecule has 10 nitrogen and oxygen atoms in total. The molecule has 0 aliphatic heterocycles. The number of fused-ring (bicyclic) bond motifs is 2. The molecule has 2 N–H and O–H groups in total. The van der Waals surface area contributed by atoms with Gasteiger partial charge in [0.25, 0.3) is 5.91 Å². The lowest BCUT2D eigenvalue weighted by molar-refractivity contribution is -0.136. The molecule has 3 heterocycles. The van der Waals surface area contributed by atoms with Gasteiger partial charge in [0.2, 0.25) is 0 Å². The quantitative estimate of drug-likeness (QED) is 0.314. The van der Waals surface area contributed by atoms with E-state index in [1.165, 1.54) is 11.2 Å². The summed E-state index contributed by atoms with van der Waals surface area (Å²) >= 11 is 1.57. The number of aromatic nitrogens is 5. The first-order valence-corrected chi connectivity index (χ1v) is 12.3. The molecule has 5 rings (SSSR count). The van der Waals surface area contributed by atoms with Gasteiger partial charge in [-0.1, -0.05) is 6.07 Å². The average Bonchev–Trinajstić information content (AvgIpc) is 3.54. The minimum Gasteiger partial charge on any atom is -0.480 e. The second-order valence-electron chi connectivity index (χ2n) is 8.30. The fourth-order valence-corrected chi connectivity index (χ4v) is 4.53. The normalized spacial score (nSPS) is 12.1. The van der Waals surface area contributed by atoms with E-state index in [2.05, 4.69) is 25.4 Å². The fourth-order valence-electron chi connectivity index (χ4n) is 3.98. The van der Waals surface area contributed by atoms with Crippen molar-refractivity contribution in [3.63, 3.8) is 0 Å². The topological polar surface area (TPSA) is 118 Å². The highest BCUT2D eigenvalue weighted by Crippen LogP contribution is 2.33. The molecule has 3 aromatic heterocycles. The Hall–Kier alpha value is -4.09. The van der Waals surface area contributed by atoms with Crippen molar-refractivity contribution in [2.75, 3.05) is 25.5 Å². The van der Waals surface area contributed by atoms with E-state index in [4.69, 9.17) is 9.84 Å². The van der Waals surface area contributed by atoms with Crippen molar-refractivity contribution in [2.45, 2.75) is 19.6 Å². The van der Waals surface area contributed by atoms with Crippen LogP contribution in [0.15, 0.2) is 59.8 Å². The number of nitrogens with zero attached hydrogens (tertiary/aromatic N) is 6. The number of anilines is 2. The van der Waals surface area contributed by atoms with Gasteiger partial charge in [-0.05, 0) is 37.3 Å². The number of carbonyl (C=O) groups excluding carboxylic acids is 1. The van der Waals surface area contributed by atoms with Crippen LogP contribution in [0.1, 0.15) is 12.6 Å². The largest absolute Gasteiger partial charge is 0.480 e. The lowest BCUT2D eigenvalue weighted by atomic mass is 10.2. The predicted molar refractivity (Wildman–Crippen MR) is 139 cm³/mol. The summed E-state index contributed by atoms with van der Waals surface area (Å²) in [7, 11) is 1.63. The predicted octanol–water partition coefficient (Wildman–Crippen LogP) is 3.45. The van der Waals surface area contributed by atoms with Gasteiger partial charge in [0.15, 0.2) is 6.10 Å². The minimum absolute atomic E-state index is 0.112. The van der Waals surface area contributed by atoms with E-state index < -0.39 is 6.10 Å². The number of nitrogens with one attached hydrogen (secondary N) is 1. The number of aliphatic hydroxyl groups excluding tert-OH is 1. The average molecular weight is 504 g/mol. The summed E-state index contributed by atoms with van der Waals surface area (Å²) in [6.07, 6.45) is 2.57. The highest BCUT2D eigenvalue weighted by atomic mass is 32.1. The van der Waals surface area contributed by atoms with E-state index in [1.54, 1.807) is 31.4 Å². The first kappa shape index (κ1) is 23.6. The molecule has 5 aromatic rings. The van der Waals surface area contributed by atoms with Gasteiger partial charge in [-0.25, -0.2) is 15.0 Å². The smallest absolute Gasteiger partial charge is 0.263 e. The number of benzene rings is 2. The molecule has 0 saturated carbocycles. The molecule has 1 amide bonds. The minimum atomic E-state index is -0.750. The molecular weight excluding hydrogens is 478 g/mol. The van der Waals surface area contributed by atoms with Crippen molar-refractivity contribution in [1.29, 1.82) is 0 Å². The van der Waals surface area contributed by atoms with Crippen molar-refractivity contribution in [3.8, 4) is 5.75 Å². The number of likely N-dealkylation sites (N-methyl/N-ethyl adjacent to an activating group) is 1. The van der Waals surface area contributed by atoms with E-state index in [0.717, 1.165) is 22.3 Å². The van der Waals surface area contributed by atoms with Gasteiger partial charge in [-0.15, -0.1) is 11.3 Å². The van der Waals surface area contributed by atoms with Crippen LogP contribution in [0.3, 0.4) is 0 Å². The van der Waals surface area contributed by atoms with Crippen molar-refractivity contribution in [3.05, 3.63) is 65.5 Å². The van der Waals surface area contributed by atoms with E-state index in [1.807, 2.05) is 52.1 Å². The molecule has 0 saturated heterocycles. The maximum absolute atomic E-state index is 12.6. The van der Waals surface area contributed by atoms with Crippen molar-refractivity contribution < 1.29 is 14.6 Å². The Morgan fingerprint density at radius 1 is 1.25 bits per heavy atom. The molecule has 0 aliphatic carbocycles. The Morgan fingerprint density at radius 2 is 2.14 bits per heavy atom. The summed E-state index contributed by atoms with van der Waals surface area (Å²) in [5, 5.41) is 20.7. The third kappa shape index (κ3) is 4.83. The van der Waals surface area contributed by atoms with E-state index in [0.29, 0.717) is 29.0 Å². The first-order valence-electron chi connectivity index (χ1n) is 11.4. The van der Waals surface area contributed by atoms with Crippen LogP contribution in [-0.2, 0) is 11.3 Å².